The molecule has 0 aromatic heterocycles. The Kier molecular flexibility index (Phi) is 6.23. The molecule has 6 nitrogen and oxygen atoms in total. The Hall–Kier alpha value is -2.58. The number of halogens is 3. The molecule has 26 heavy (non-hydrogen) atoms. The van der Waals surface area contributed by atoms with Crippen LogP contribution in [0.1, 0.15) is 44.1 Å². The third kappa shape index (κ3) is 4.96. The van der Waals surface area contributed by atoms with Gasteiger partial charge < -0.3 is 15.7 Å². The zero-order valence-electron chi connectivity index (χ0n) is 13.9. The first-order chi connectivity index (χ1) is 12.2. The lowest BCUT2D eigenvalue weighted by Crippen LogP contribution is -2.43. The van der Waals surface area contributed by atoms with Crippen molar-refractivity contribution in [3.05, 3.63) is 35.1 Å². The molecular formula is C17H19F3N2O4. The summed E-state index contributed by atoms with van der Waals surface area (Å²) in [6.07, 6.45) is 0.834. The van der Waals surface area contributed by atoms with Crippen LogP contribution in [0.5, 0.6) is 0 Å². The molecule has 0 bridgehead atoms. The number of carbonyl (C=O) groups excluding carboxylic acids is 2. The van der Waals surface area contributed by atoms with E-state index in [1.54, 1.807) is 0 Å². The van der Waals surface area contributed by atoms with Crippen molar-refractivity contribution in [1.29, 1.82) is 0 Å². The number of aliphatic carboxylic acids is 1. The fourth-order valence-corrected chi connectivity index (χ4v) is 2.98. The molecule has 1 heterocycles. The van der Waals surface area contributed by atoms with Gasteiger partial charge >= 0.3 is 5.97 Å². The number of benzene rings is 1. The van der Waals surface area contributed by atoms with Crippen molar-refractivity contribution in [1.82, 2.24) is 10.6 Å². The average molecular weight is 372 g/mol. The largest absolute Gasteiger partial charge is 0.481 e. The fraction of sp³-hybridized carbons (Fsp3) is 0.471. The first kappa shape index (κ1) is 19.7. The van der Waals surface area contributed by atoms with Crippen LogP contribution in [0, 0.1) is 17.5 Å². The van der Waals surface area contributed by atoms with Gasteiger partial charge in [-0.25, -0.2) is 13.2 Å². The van der Waals surface area contributed by atoms with Crippen LogP contribution in [-0.4, -0.2) is 28.4 Å². The summed E-state index contributed by atoms with van der Waals surface area (Å²) in [7, 11) is 0. The highest BCUT2D eigenvalue weighted by Crippen LogP contribution is 2.30. The van der Waals surface area contributed by atoms with Crippen molar-refractivity contribution in [2.75, 3.05) is 0 Å². The molecule has 2 rings (SSSR count). The van der Waals surface area contributed by atoms with Gasteiger partial charge in [0.25, 0.3) is 0 Å². The summed E-state index contributed by atoms with van der Waals surface area (Å²) in [6, 6.07) is 1.43. The first-order valence-corrected chi connectivity index (χ1v) is 8.14. The normalized spacial score (nSPS) is 19.3. The minimum absolute atomic E-state index is 0.0710. The van der Waals surface area contributed by atoms with E-state index in [9.17, 15) is 27.6 Å². The van der Waals surface area contributed by atoms with Gasteiger partial charge in [-0.15, -0.1) is 0 Å². The molecule has 0 aliphatic carbocycles. The van der Waals surface area contributed by atoms with Crippen LogP contribution in [0.4, 0.5) is 13.2 Å². The maximum atomic E-state index is 13.6. The molecule has 1 aromatic carbocycles. The summed E-state index contributed by atoms with van der Waals surface area (Å²) in [5.74, 6) is -5.29. The first-order valence-electron chi connectivity index (χ1n) is 8.14. The summed E-state index contributed by atoms with van der Waals surface area (Å²) in [4.78, 5) is 34.2. The summed E-state index contributed by atoms with van der Waals surface area (Å²) < 4.78 is 40.2. The summed E-state index contributed by atoms with van der Waals surface area (Å²) in [6.45, 7) is -0.511. The quantitative estimate of drug-likeness (QED) is 0.609. The smallest absolute Gasteiger partial charge is 0.303 e. The summed E-state index contributed by atoms with van der Waals surface area (Å²) in [5, 5.41) is 13.9. The number of carboxylic acids is 1. The van der Waals surface area contributed by atoms with E-state index in [0.717, 1.165) is 6.07 Å². The highest BCUT2D eigenvalue weighted by molar-refractivity contribution is 5.80. The van der Waals surface area contributed by atoms with Crippen LogP contribution < -0.4 is 10.6 Å². The second kappa shape index (κ2) is 8.20. The molecule has 142 valence electrons. The molecule has 9 heteroatoms. The van der Waals surface area contributed by atoms with E-state index in [2.05, 4.69) is 10.6 Å². The zero-order valence-corrected chi connectivity index (χ0v) is 13.9. The van der Waals surface area contributed by atoms with Gasteiger partial charge in [-0.3, -0.25) is 14.4 Å². The number of rotatable bonds is 8. The second-order valence-electron chi connectivity index (χ2n) is 6.32. The van der Waals surface area contributed by atoms with Crippen LogP contribution in [0.25, 0.3) is 0 Å². The van der Waals surface area contributed by atoms with Gasteiger partial charge in [0.1, 0.15) is 5.82 Å². The molecule has 0 unspecified atom stereocenters. The predicted molar refractivity (Wildman–Crippen MR) is 84.4 cm³/mol. The van der Waals surface area contributed by atoms with E-state index in [1.807, 2.05) is 0 Å². The van der Waals surface area contributed by atoms with Crippen LogP contribution in [0.15, 0.2) is 12.1 Å². The molecule has 1 fully saturated rings. The molecule has 3 N–H and O–H groups in total. The Morgan fingerprint density at radius 2 is 1.81 bits per heavy atom. The van der Waals surface area contributed by atoms with Crippen LogP contribution in [-0.2, 0) is 20.9 Å². The number of carbonyl (C=O) groups is 3. The lowest BCUT2D eigenvalue weighted by atomic mass is 9.86. The van der Waals surface area contributed by atoms with Crippen molar-refractivity contribution in [2.24, 2.45) is 0 Å². The molecule has 1 aliphatic heterocycles. The maximum absolute atomic E-state index is 13.6. The maximum Gasteiger partial charge on any atom is 0.303 e. The predicted octanol–water partition coefficient (Wildman–Crippen LogP) is 2.01. The van der Waals surface area contributed by atoms with Gasteiger partial charge in [0.2, 0.25) is 11.8 Å². The number of nitrogens with one attached hydrogen (secondary N) is 2. The Balaban J connectivity index is 1.91. The topological polar surface area (TPSA) is 95.5 Å². The Morgan fingerprint density at radius 1 is 1.15 bits per heavy atom. The van der Waals surface area contributed by atoms with Crippen LogP contribution in [0.3, 0.4) is 0 Å². The second-order valence-corrected chi connectivity index (χ2v) is 6.32. The van der Waals surface area contributed by atoms with E-state index in [1.165, 1.54) is 0 Å². The van der Waals surface area contributed by atoms with Gasteiger partial charge in [-0.2, -0.15) is 0 Å². The molecule has 0 saturated carbocycles. The van der Waals surface area contributed by atoms with Gasteiger partial charge in [0.15, 0.2) is 11.6 Å². The zero-order chi connectivity index (χ0) is 19.3. The minimum atomic E-state index is -1.36. The van der Waals surface area contributed by atoms with E-state index in [0.29, 0.717) is 12.5 Å². The van der Waals surface area contributed by atoms with Gasteiger partial charge in [0, 0.05) is 36.9 Å². The monoisotopic (exact) mass is 372 g/mol. The highest BCUT2D eigenvalue weighted by Gasteiger charge is 2.37. The van der Waals surface area contributed by atoms with Crippen molar-refractivity contribution in [2.45, 2.75) is 50.6 Å². The molecule has 1 saturated heterocycles. The SMILES string of the molecule is O=C(O)CC[C@]1(CCC(=O)NCc2c(F)ccc(F)c2F)CCC(=O)N1. The summed E-state index contributed by atoms with van der Waals surface area (Å²) >= 11 is 0. The Bertz CT molecular complexity index is 726. The number of hydrogen-bond acceptors (Lipinski definition) is 3. The molecule has 0 radical (unpaired) electrons. The molecular weight excluding hydrogens is 353 g/mol. The number of carboxylic acid groups (broad SMARTS) is 1. The average Bonchev–Trinajstić information content (AvgIpc) is 2.96. The molecule has 0 spiro atoms. The lowest BCUT2D eigenvalue weighted by Gasteiger charge is -2.28. The van der Waals surface area contributed by atoms with Gasteiger partial charge in [-0.1, -0.05) is 0 Å². The standard InChI is InChI=1S/C17H19F3N2O4/c18-11-1-2-12(19)16(20)10(11)9-21-13(23)3-6-17(8-5-15(25)26)7-4-14(24)22-17/h1-2H,3-9H2,(H,21,23)(H,22,24)(H,25,26)/t17-/m0/s1. The molecule has 2 amide bonds. The number of hydrogen-bond donors (Lipinski definition) is 3. The third-order valence-corrected chi connectivity index (χ3v) is 4.48. The van der Waals surface area contributed by atoms with E-state index in [-0.39, 0.29) is 38.0 Å². The van der Waals surface area contributed by atoms with E-state index in [4.69, 9.17) is 5.11 Å². The molecule has 1 atom stereocenters. The minimum Gasteiger partial charge on any atom is -0.481 e. The summed E-state index contributed by atoms with van der Waals surface area (Å²) in [5.41, 5.74) is -1.35. The Morgan fingerprint density at radius 3 is 2.42 bits per heavy atom. The van der Waals surface area contributed by atoms with E-state index < -0.39 is 47.0 Å². The van der Waals surface area contributed by atoms with Crippen molar-refractivity contribution in [3.8, 4) is 0 Å². The Labute approximate surface area is 147 Å². The van der Waals surface area contributed by atoms with Crippen molar-refractivity contribution >= 4 is 17.8 Å². The van der Waals surface area contributed by atoms with Crippen molar-refractivity contribution < 1.29 is 32.7 Å². The number of amides is 2. The highest BCUT2D eigenvalue weighted by atomic mass is 19.2. The lowest BCUT2D eigenvalue weighted by molar-refractivity contribution is -0.137. The van der Waals surface area contributed by atoms with Crippen LogP contribution in [0.2, 0.25) is 0 Å². The van der Waals surface area contributed by atoms with Gasteiger partial charge in [-0.05, 0) is 31.4 Å². The van der Waals surface area contributed by atoms with E-state index >= 15 is 0 Å². The molecule has 1 aliphatic rings. The van der Waals surface area contributed by atoms with Gasteiger partial charge in [0.05, 0.1) is 0 Å². The molecule has 1 aromatic rings. The van der Waals surface area contributed by atoms with Crippen molar-refractivity contribution in [3.63, 3.8) is 0 Å². The van der Waals surface area contributed by atoms with Crippen LogP contribution >= 0.6 is 0 Å². The third-order valence-electron chi connectivity index (χ3n) is 4.48. The fourth-order valence-electron chi connectivity index (χ4n) is 2.98.